The third kappa shape index (κ3) is 3.06. The van der Waals surface area contributed by atoms with Gasteiger partial charge in [-0.1, -0.05) is 56.8 Å². The number of carbonyl (C=O) groups is 2. The molecule has 0 bridgehead atoms. The standard InChI is InChI=1S/C20H20O2/c1-5-19(21)17-11-10-15(13(2)3)12-18(17)20(22)16-9-7-6-8-14(16)4/h5-13H,1H2,2-4H3. The van der Waals surface area contributed by atoms with Crippen LogP contribution in [0.15, 0.2) is 55.1 Å². The molecule has 0 atom stereocenters. The minimum absolute atomic E-state index is 0.120. The Hall–Kier alpha value is -2.48. The molecule has 2 aromatic rings. The van der Waals surface area contributed by atoms with Crippen molar-refractivity contribution in [3.63, 3.8) is 0 Å². The molecule has 0 aromatic heterocycles. The molecule has 2 heteroatoms. The number of benzene rings is 2. The van der Waals surface area contributed by atoms with E-state index in [-0.39, 0.29) is 17.5 Å². The SMILES string of the molecule is C=CC(=O)c1ccc(C(C)C)cc1C(=O)c1ccccc1C. The Morgan fingerprint density at radius 3 is 2.27 bits per heavy atom. The normalized spacial score (nSPS) is 10.5. The van der Waals surface area contributed by atoms with Crippen molar-refractivity contribution in [1.82, 2.24) is 0 Å². The highest BCUT2D eigenvalue weighted by molar-refractivity contribution is 6.18. The largest absolute Gasteiger partial charge is 0.289 e. The highest BCUT2D eigenvalue weighted by atomic mass is 16.1. The lowest BCUT2D eigenvalue weighted by Crippen LogP contribution is -2.11. The predicted octanol–water partition coefficient (Wildman–Crippen LogP) is 4.72. The Morgan fingerprint density at radius 1 is 1.00 bits per heavy atom. The van der Waals surface area contributed by atoms with Gasteiger partial charge in [-0.25, -0.2) is 0 Å². The van der Waals surface area contributed by atoms with Crippen molar-refractivity contribution in [2.45, 2.75) is 26.7 Å². The molecule has 2 aromatic carbocycles. The summed E-state index contributed by atoms with van der Waals surface area (Å²) in [6.45, 7) is 9.55. The molecule has 2 nitrogen and oxygen atoms in total. The molecule has 0 aliphatic rings. The Morgan fingerprint density at radius 2 is 1.68 bits per heavy atom. The van der Waals surface area contributed by atoms with E-state index in [9.17, 15) is 9.59 Å². The lowest BCUT2D eigenvalue weighted by atomic mass is 9.90. The van der Waals surface area contributed by atoms with Crippen LogP contribution in [0, 0.1) is 6.92 Å². The number of hydrogen-bond donors (Lipinski definition) is 0. The third-order valence-corrected chi connectivity index (χ3v) is 3.80. The first-order chi connectivity index (χ1) is 10.5. The predicted molar refractivity (Wildman–Crippen MR) is 89.7 cm³/mol. The van der Waals surface area contributed by atoms with Gasteiger partial charge in [0.1, 0.15) is 0 Å². The Labute approximate surface area is 131 Å². The number of aryl methyl sites for hydroxylation is 1. The molecule has 0 unspecified atom stereocenters. The van der Waals surface area contributed by atoms with E-state index in [0.717, 1.165) is 11.1 Å². The minimum Gasteiger partial charge on any atom is -0.289 e. The maximum absolute atomic E-state index is 12.9. The van der Waals surface area contributed by atoms with Crippen molar-refractivity contribution >= 4 is 11.6 Å². The van der Waals surface area contributed by atoms with E-state index in [1.54, 1.807) is 12.1 Å². The van der Waals surface area contributed by atoms with Gasteiger partial charge in [0.05, 0.1) is 0 Å². The second-order valence-corrected chi connectivity index (χ2v) is 5.67. The molecule has 0 spiro atoms. The zero-order chi connectivity index (χ0) is 16.3. The zero-order valence-electron chi connectivity index (χ0n) is 13.2. The summed E-state index contributed by atoms with van der Waals surface area (Å²) >= 11 is 0. The van der Waals surface area contributed by atoms with Crippen molar-refractivity contribution < 1.29 is 9.59 Å². The van der Waals surface area contributed by atoms with Crippen molar-refractivity contribution in [1.29, 1.82) is 0 Å². The molecule has 0 saturated carbocycles. The molecule has 0 radical (unpaired) electrons. The smallest absolute Gasteiger partial charge is 0.194 e. The van der Waals surface area contributed by atoms with Gasteiger partial charge >= 0.3 is 0 Å². The van der Waals surface area contributed by atoms with E-state index in [4.69, 9.17) is 0 Å². The second kappa shape index (κ2) is 6.52. The molecule has 0 amide bonds. The third-order valence-electron chi connectivity index (χ3n) is 3.80. The number of allylic oxidation sites excluding steroid dienone is 1. The van der Waals surface area contributed by atoms with Crippen LogP contribution in [0.2, 0.25) is 0 Å². The number of rotatable bonds is 5. The molecule has 0 saturated heterocycles. The van der Waals surface area contributed by atoms with Gasteiger partial charge in [-0.05, 0) is 36.1 Å². The quantitative estimate of drug-likeness (QED) is 0.590. The Bertz CT molecular complexity index is 739. The van der Waals surface area contributed by atoms with E-state index in [1.807, 2.05) is 37.3 Å². The van der Waals surface area contributed by atoms with Crippen LogP contribution in [0.1, 0.15) is 57.2 Å². The topological polar surface area (TPSA) is 34.1 Å². The summed E-state index contributed by atoms with van der Waals surface area (Å²) in [4.78, 5) is 25.0. The summed E-state index contributed by atoms with van der Waals surface area (Å²) < 4.78 is 0. The number of hydrogen-bond acceptors (Lipinski definition) is 2. The maximum Gasteiger partial charge on any atom is 0.194 e. The summed E-state index contributed by atoms with van der Waals surface area (Å²) in [6, 6.07) is 12.9. The molecular formula is C20H20O2. The first-order valence-corrected chi connectivity index (χ1v) is 7.36. The fourth-order valence-electron chi connectivity index (χ4n) is 2.41. The molecule has 0 aliphatic heterocycles. The van der Waals surface area contributed by atoms with Crippen LogP contribution < -0.4 is 0 Å². The van der Waals surface area contributed by atoms with Gasteiger partial charge in [0, 0.05) is 16.7 Å². The lowest BCUT2D eigenvalue weighted by molar-refractivity contribution is 0.101. The first-order valence-electron chi connectivity index (χ1n) is 7.36. The fraction of sp³-hybridized carbons (Fsp3) is 0.200. The average Bonchev–Trinajstić information content (AvgIpc) is 2.53. The van der Waals surface area contributed by atoms with Crippen LogP contribution in [0.25, 0.3) is 0 Å². The van der Waals surface area contributed by atoms with Gasteiger partial charge in [0.15, 0.2) is 11.6 Å². The lowest BCUT2D eigenvalue weighted by Gasteiger charge is -2.12. The van der Waals surface area contributed by atoms with Crippen LogP contribution in [0.4, 0.5) is 0 Å². The van der Waals surface area contributed by atoms with Gasteiger partial charge in [0.2, 0.25) is 0 Å². The molecule has 0 aliphatic carbocycles. The van der Waals surface area contributed by atoms with E-state index in [1.165, 1.54) is 6.08 Å². The van der Waals surface area contributed by atoms with Crippen LogP contribution in [0.5, 0.6) is 0 Å². The molecule has 0 N–H and O–H groups in total. The average molecular weight is 292 g/mol. The van der Waals surface area contributed by atoms with Crippen molar-refractivity contribution in [3.8, 4) is 0 Å². The molecule has 0 fully saturated rings. The molecular weight excluding hydrogens is 272 g/mol. The van der Waals surface area contributed by atoms with Crippen molar-refractivity contribution in [2.24, 2.45) is 0 Å². The fourth-order valence-corrected chi connectivity index (χ4v) is 2.41. The molecule has 22 heavy (non-hydrogen) atoms. The summed E-state index contributed by atoms with van der Waals surface area (Å²) in [5.74, 6) is -0.0608. The molecule has 112 valence electrons. The Balaban J connectivity index is 2.63. The zero-order valence-corrected chi connectivity index (χ0v) is 13.2. The van der Waals surface area contributed by atoms with Gasteiger partial charge in [-0.15, -0.1) is 0 Å². The highest BCUT2D eigenvalue weighted by Crippen LogP contribution is 2.23. The first kappa shape index (κ1) is 15.9. The summed E-state index contributed by atoms with van der Waals surface area (Å²) in [5, 5.41) is 0. The van der Waals surface area contributed by atoms with Crippen LogP contribution in [-0.4, -0.2) is 11.6 Å². The second-order valence-electron chi connectivity index (χ2n) is 5.67. The maximum atomic E-state index is 12.9. The Kier molecular flexibility index (Phi) is 4.71. The summed E-state index contributed by atoms with van der Waals surface area (Å²) in [7, 11) is 0. The van der Waals surface area contributed by atoms with E-state index < -0.39 is 0 Å². The van der Waals surface area contributed by atoms with Crippen LogP contribution >= 0.6 is 0 Å². The summed E-state index contributed by atoms with van der Waals surface area (Å²) in [5.41, 5.74) is 3.43. The van der Waals surface area contributed by atoms with Crippen molar-refractivity contribution in [2.75, 3.05) is 0 Å². The van der Waals surface area contributed by atoms with E-state index in [2.05, 4.69) is 20.4 Å². The van der Waals surface area contributed by atoms with Gasteiger partial charge in [0.25, 0.3) is 0 Å². The van der Waals surface area contributed by atoms with Crippen molar-refractivity contribution in [3.05, 3.63) is 82.9 Å². The van der Waals surface area contributed by atoms with E-state index in [0.29, 0.717) is 16.7 Å². The van der Waals surface area contributed by atoms with Crippen LogP contribution in [0.3, 0.4) is 0 Å². The molecule has 0 heterocycles. The van der Waals surface area contributed by atoms with E-state index >= 15 is 0 Å². The number of carbonyl (C=O) groups excluding carboxylic acids is 2. The molecule has 2 rings (SSSR count). The van der Waals surface area contributed by atoms with Gasteiger partial charge in [-0.3, -0.25) is 9.59 Å². The highest BCUT2D eigenvalue weighted by Gasteiger charge is 2.19. The monoisotopic (exact) mass is 292 g/mol. The summed E-state index contributed by atoms with van der Waals surface area (Å²) in [6.07, 6.45) is 1.25. The van der Waals surface area contributed by atoms with Crippen LogP contribution in [-0.2, 0) is 0 Å². The minimum atomic E-state index is -0.229. The van der Waals surface area contributed by atoms with Gasteiger partial charge < -0.3 is 0 Å². The number of ketones is 2. The van der Waals surface area contributed by atoms with Gasteiger partial charge in [-0.2, -0.15) is 0 Å².